The van der Waals surface area contributed by atoms with Crippen molar-refractivity contribution in [1.29, 1.82) is 5.26 Å². The van der Waals surface area contributed by atoms with Gasteiger partial charge in [0.2, 0.25) is 0 Å². The summed E-state index contributed by atoms with van der Waals surface area (Å²) in [6.07, 6.45) is 2.48. The second-order valence-electron chi connectivity index (χ2n) is 2.42. The van der Waals surface area contributed by atoms with E-state index in [2.05, 4.69) is 4.36 Å². The summed E-state index contributed by atoms with van der Waals surface area (Å²) >= 11 is 0. The van der Waals surface area contributed by atoms with Crippen LogP contribution in [0.1, 0.15) is 0 Å². The lowest BCUT2D eigenvalue weighted by Gasteiger charge is -1.95. The quantitative estimate of drug-likeness (QED) is 0.431. The van der Waals surface area contributed by atoms with Gasteiger partial charge >= 0.3 is 11.8 Å². The largest absolute Gasteiger partial charge is 0.343 e. The van der Waals surface area contributed by atoms with Gasteiger partial charge in [0.05, 0.1) is 6.07 Å². The molecule has 0 radical (unpaired) electrons. The van der Waals surface area contributed by atoms with Crippen LogP contribution in [0.2, 0.25) is 0 Å². The number of nitrogens with zero attached hydrogens (tertiary/aromatic N) is 2. The van der Waals surface area contributed by atoms with Crippen LogP contribution in [0.15, 0.2) is 4.36 Å². The predicted octanol–water partition coefficient (Wildman–Crippen LogP) is -1.12. The maximum absolute atomic E-state index is 10.9. The molecule has 7 heteroatoms. The zero-order chi connectivity index (χ0) is 10.5. The lowest BCUT2D eigenvalue weighted by Crippen LogP contribution is -2.30. The van der Waals surface area contributed by atoms with Crippen molar-refractivity contribution in [1.82, 2.24) is 5.32 Å². The molecule has 0 atom stereocenters. The molecule has 0 fully saturated rings. The molecule has 0 aliphatic rings. The first-order valence-corrected chi connectivity index (χ1v) is 5.56. The van der Waals surface area contributed by atoms with Crippen LogP contribution >= 0.6 is 0 Å². The first kappa shape index (κ1) is 11.6. The fourth-order valence-corrected chi connectivity index (χ4v) is 0.919. The third-order valence-corrected chi connectivity index (χ3v) is 1.43. The average Bonchev–Trinajstić information content (AvgIpc) is 1.96. The van der Waals surface area contributed by atoms with E-state index in [4.69, 9.17) is 5.26 Å². The van der Waals surface area contributed by atoms with E-state index >= 15 is 0 Å². The minimum absolute atomic E-state index is 0.269. The number of rotatable bonds is 1. The molecule has 0 rings (SSSR count). The van der Waals surface area contributed by atoms with Crippen molar-refractivity contribution in [2.75, 3.05) is 19.1 Å². The molecule has 0 aliphatic carbocycles. The lowest BCUT2D eigenvalue weighted by molar-refractivity contribution is -0.136. The average molecular weight is 203 g/mol. The van der Waals surface area contributed by atoms with Gasteiger partial charge in [0.1, 0.15) is 6.54 Å². The summed E-state index contributed by atoms with van der Waals surface area (Å²) in [4.78, 5) is 21.5. The second kappa shape index (κ2) is 4.57. The van der Waals surface area contributed by atoms with Crippen LogP contribution in [-0.2, 0) is 19.3 Å². The van der Waals surface area contributed by atoms with Crippen molar-refractivity contribution >= 4 is 21.5 Å². The third-order valence-electron chi connectivity index (χ3n) is 0.825. The highest BCUT2D eigenvalue weighted by atomic mass is 32.2. The van der Waals surface area contributed by atoms with Gasteiger partial charge in [0.25, 0.3) is 0 Å². The van der Waals surface area contributed by atoms with Gasteiger partial charge in [-0.05, 0) is 0 Å². The van der Waals surface area contributed by atoms with Gasteiger partial charge in [-0.3, -0.25) is 9.59 Å². The summed E-state index contributed by atoms with van der Waals surface area (Å²) in [5.74, 6) is -2.14. The Morgan fingerprint density at radius 3 is 2.46 bits per heavy atom. The molecular formula is C6H9N3O3S. The zero-order valence-electron chi connectivity index (χ0n) is 7.23. The van der Waals surface area contributed by atoms with Crippen molar-refractivity contribution in [2.45, 2.75) is 0 Å². The highest BCUT2D eigenvalue weighted by molar-refractivity contribution is 7.92. The maximum Gasteiger partial charge on any atom is 0.343 e. The summed E-state index contributed by atoms with van der Waals surface area (Å²) < 4.78 is 14.1. The maximum atomic E-state index is 10.9. The molecule has 0 spiro atoms. The Morgan fingerprint density at radius 2 is 2.08 bits per heavy atom. The Balaban J connectivity index is 4.41. The van der Waals surface area contributed by atoms with Crippen LogP contribution in [0.25, 0.3) is 0 Å². The van der Waals surface area contributed by atoms with Crippen molar-refractivity contribution in [3.63, 3.8) is 0 Å². The fraction of sp³-hybridized carbons (Fsp3) is 0.500. The topological polar surface area (TPSA) is 99.4 Å². The zero-order valence-corrected chi connectivity index (χ0v) is 8.05. The fourth-order valence-electron chi connectivity index (χ4n) is 0.437. The van der Waals surface area contributed by atoms with Crippen LogP contribution < -0.4 is 5.32 Å². The minimum atomic E-state index is -2.61. The van der Waals surface area contributed by atoms with Gasteiger partial charge in [-0.15, -0.1) is 0 Å². The summed E-state index contributed by atoms with van der Waals surface area (Å²) in [6, 6.07) is 1.62. The van der Waals surface area contributed by atoms with Gasteiger partial charge in [-0.2, -0.15) is 9.62 Å². The molecule has 0 unspecified atom stereocenters. The van der Waals surface area contributed by atoms with Gasteiger partial charge in [-0.1, -0.05) is 0 Å². The van der Waals surface area contributed by atoms with Crippen LogP contribution in [-0.4, -0.2) is 35.1 Å². The molecule has 0 saturated carbocycles. The van der Waals surface area contributed by atoms with Crippen molar-refractivity contribution in [3.05, 3.63) is 0 Å². The Kier molecular flexibility index (Phi) is 4.07. The number of amides is 2. The van der Waals surface area contributed by atoms with E-state index in [9.17, 15) is 13.8 Å². The summed E-state index contributed by atoms with van der Waals surface area (Å²) in [6.45, 7) is -0.269. The third kappa shape index (κ3) is 5.81. The summed E-state index contributed by atoms with van der Waals surface area (Å²) in [5, 5.41) is 10.1. The highest BCUT2D eigenvalue weighted by Gasteiger charge is 2.12. The minimum Gasteiger partial charge on any atom is -0.335 e. The SMILES string of the molecule is CS(C)(=O)=NC(=O)C(=O)NCC#N. The molecule has 0 aromatic rings. The Morgan fingerprint density at radius 1 is 1.54 bits per heavy atom. The van der Waals surface area contributed by atoms with E-state index in [1.54, 1.807) is 6.07 Å². The molecule has 1 N–H and O–H groups in total. The van der Waals surface area contributed by atoms with Crippen LogP contribution in [0.4, 0.5) is 0 Å². The molecule has 6 nitrogen and oxygen atoms in total. The van der Waals surface area contributed by atoms with Gasteiger partial charge in [0.15, 0.2) is 0 Å². The molecule has 72 valence electrons. The molecule has 0 heterocycles. The van der Waals surface area contributed by atoms with Crippen molar-refractivity contribution in [2.24, 2.45) is 4.36 Å². The molecule has 13 heavy (non-hydrogen) atoms. The van der Waals surface area contributed by atoms with E-state index in [0.717, 1.165) is 0 Å². The van der Waals surface area contributed by atoms with Gasteiger partial charge in [0, 0.05) is 22.2 Å². The smallest absolute Gasteiger partial charge is 0.335 e. The Bertz CT molecular complexity index is 365. The second-order valence-corrected chi connectivity index (χ2v) is 4.96. The number of nitrogens with one attached hydrogen (secondary N) is 1. The molecule has 0 aromatic heterocycles. The highest BCUT2D eigenvalue weighted by Crippen LogP contribution is 1.85. The Hall–Kier alpha value is -1.42. The first-order chi connectivity index (χ1) is 5.87. The molecular weight excluding hydrogens is 194 g/mol. The summed E-state index contributed by atoms with van der Waals surface area (Å²) in [7, 11) is -2.61. The lowest BCUT2D eigenvalue weighted by atomic mass is 10.5. The number of hydrogen-bond donors (Lipinski definition) is 1. The Labute approximate surface area is 76.1 Å². The molecule has 0 saturated heterocycles. The van der Waals surface area contributed by atoms with Crippen LogP contribution in [0.3, 0.4) is 0 Å². The van der Waals surface area contributed by atoms with Gasteiger partial charge < -0.3 is 5.32 Å². The monoisotopic (exact) mass is 203 g/mol. The predicted molar refractivity (Wildman–Crippen MR) is 46.0 cm³/mol. The van der Waals surface area contributed by atoms with E-state index in [0.29, 0.717) is 0 Å². The number of carbonyl (C=O) groups excluding carboxylic acids is 2. The van der Waals surface area contributed by atoms with E-state index in [-0.39, 0.29) is 6.54 Å². The van der Waals surface area contributed by atoms with Crippen LogP contribution in [0.5, 0.6) is 0 Å². The van der Waals surface area contributed by atoms with Crippen molar-refractivity contribution in [3.8, 4) is 6.07 Å². The number of hydrogen-bond acceptors (Lipinski definition) is 4. The molecule has 0 aromatic carbocycles. The standard InChI is InChI=1S/C6H9N3O3S/c1-13(2,12)9-6(11)5(10)8-4-3-7/h4H2,1-2H3,(H,8,10). The molecule has 0 aliphatic heterocycles. The normalized spacial score (nSPS) is 9.92. The molecule has 2 amide bonds. The molecule has 0 bridgehead atoms. The number of carbonyl (C=O) groups is 2. The van der Waals surface area contributed by atoms with E-state index in [1.807, 2.05) is 5.32 Å². The van der Waals surface area contributed by atoms with Gasteiger partial charge in [-0.25, -0.2) is 4.21 Å². The first-order valence-electron chi connectivity index (χ1n) is 3.23. The van der Waals surface area contributed by atoms with E-state index in [1.165, 1.54) is 12.5 Å². The van der Waals surface area contributed by atoms with E-state index < -0.39 is 21.5 Å². The summed E-state index contributed by atoms with van der Waals surface area (Å²) in [5.41, 5.74) is 0. The number of nitriles is 1. The van der Waals surface area contributed by atoms with Crippen LogP contribution in [0, 0.1) is 11.3 Å². The van der Waals surface area contributed by atoms with Crippen molar-refractivity contribution < 1.29 is 13.8 Å².